The molecule has 1 atom stereocenters. The summed E-state index contributed by atoms with van der Waals surface area (Å²) in [6, 6.07) is 20.4. The van der Waals surface area contributed by atoms with E-state index in [1.54, 1.807) is 42.5 Å². The lowest BCUT2D eigenvalue weighted by Crippen LogP contribution is -2.29. The maximum Gasteiger partial charge on any atom is 0.300 e. The molecule has 1 saturated heterocycles. The molecule has 2 heterocycles. The summed E-state index contributed by atoms with van der Waals surface area (Å²) in [6.45, 7) is 1.29. The number of carbonyl (C=O) groups excluding carboxylic acids is 2. The maximum atomic E-state index is 13.2. The van der Waals surface area contributed by atoms with Crippen molar-refractivity contribution in [2.75, 3.05) is 30.0 Å². The second-order valence-corrected chi connectivity index (χ2v) is 8.45. The Morgan fingerprint density at radius 1 is 1.03 bits per heavy atom. The summed E-state index contributed by atoms with van der Waals surface area (Å²) in [7, 11) is 1.94. The van der Waals surface area contributed by atoms with E-state index >= 15 is 0 Å². The van der Waals surface area contributed by atoms with Crippen molar-refractivity contribution < 1.29 is 19.4 Å². The van der Waals surface area contributed by atoms with Gasteiger partial charge in [0.1, 0.15) is 18.1 Å². The van der Waals surface area contributed by atoms with E-state index in [9.17, 15) is 14.7 Å². The number of ketones is 1. The molecule has 1 amide bonds. The zero-order valence-corrected chi connectivity index (χ0v) is 18.6. The molecule has 0 spiro atoms. The molecule has 5 rings (SSSR count). The van der Waals surface area contributed by atoms with Gasteiger partial charge in [-0.05, 0) is 48.0 Å². The second kappa shape index (κ2) is 8.30. The molecule has 33 heavy (non-hydrogen) atoms. The topological polar surface area (TPSA) is 70.1 Å². The van der Waals surface area contributed by atoms with Crippen LogP contribution >= 0.6 is 11.6 Å². The van der Waals surface area contributed by atoms with Gasteiger partial charge in [0.2, 0.25) is 0 Å². The van der Waals surface area contributed by atoms with Crippen molar-refractivity contribution >= 4 is 40.4 Å². The number of aliphatic hydroxyl groups is 1. The molecule has 3 aromatic rings. The molecule has 0 bridgehead atoms. The molecule has 0 aliphatic carbocycles. The normalized spacial score (nSPS) is 19.4. The van der Waals surface area contributed by atoms with E-state index < -0.39 is 17.7 Å². The SMILES string of the molecule is CN1CCOc2ccc(/C(O)=C3/C(=O)C(=O)N(c4ccc(Cl)cc4)C3c3ccccc3)cc21. The summed E-state index contributed by atoms with van der Waals surface area (Å²) >= 11 is 6.03. The molecule has 1 N–H and O–H groups in total. The van der Waals surface area contributed by atoms with Crippen LogP contribution in [0.25, 0.3) is 5.76 Å². The summed E-state index contributed by atoms with van der Waals surface area (Å²) < 4.78 is 5.69. The fourth-order valence-electron chi connectivity index (χ4n) is 4.30. The van der Waals surface area contributed by atoms with E-state index in [2.05, 4.69) is 0 Å². The number of Topliss-reactive ketones (excluding diaryl/α,β-unsaturated/α-hetero) is 1. The van der Waals surface area contributed by atoms with Crippen LogP contribution in [0.3, 0.4) is 0 Å². The predicted molar refractivity (Wildman–Crippen MR) is 128 cm³/mol. The van der Waals surface area contributed by atoms with Crippen LogP contribution in [0.1, 0.15) is 17.2 Å². The zero-order chi connectivity index (χ0) is 23.1. The molecular weight excluding hydrogens is 440 g/mol. The van der Waals surface area contributed by atoms with Gasteiger partial charge >= 0.3 is 0 Å². The summed E-state index contributed by atoms with van der Waals surface area (Å²) in [6.07, 6.45) is 0. The molecule has 3 aromatic carbocycles. The molecular formula is C26H21ClN2O4. The van der Waals surface area contributed by atoms with E-state index in [0.29, 0.717) is 40.7 Å². The quantitative estimate of drug-likeness (QED) is 0.345. The highest BCUT2D eigenvalue weighted by Crippen LogP contribution is 2.43. The zero-order valence-electron chi connectivity index (χ0n) is 17.9. The number of benzene rings is 3. The number of hydrogen-bond donors (Lipinski definition) is 1. The van der Waals surface area contributed by atoms with Gasteiger partial charge in [-0.25, -0.2) is 0 Å². The molecule has 1 fully saturated rings. The number of fused-ring (bicyclic) bond motifs is 1. The van der Waals surface area contributed by atoms with Crippen molar-refractivity contribution in [3.8, 4) is 5.75 Å². The number of halogens is 1. The number of anilines is 2. The number of ether oxygens (including phenoxy) is 1. The average molecular weight is 461 g/mol. The molecule has 2 aliphatic heterocycles. The highest BCUT2D eigenvalue weighted by molar-refractivity contribution is 6.51. The first kappa shape index (κ1) is 21.1. The van der Waals surface area contributed by atoms with Gasteiger partial charge in [0.15, 0.2) is 0 Å². The van der Waals surface area contributed by atoms with Crippen molar-refractivity contribution in [1.82, 2.24) is 0 Å². The summed E-state index contributed by atoms with van der Waals surface area (Å²) in [5.74, 6) is -0.952. The third-order valence-electron chi connectivity index (χ3n) is 5.99. The number of aliphatic hydroxyl groups excluding tert-OH is 1. The number of amides is 1. The van der Waals surface area contributed by atoms with Crippen LogP contribution in [-0.4, -0.2) is 37.0 Å². The van der Waals surface area contributed by atoms with Gasteiger partial charge in [0, 0.05) is 23.3 Å². The minimum absolute atomic E-state index is 0.0421. The summed E-state index contributed by atoms with van der Waals surface area (Å²) in [5, 5.41) is 11.9. The first-order valence-corrected chi connectivity index (χ1v) is 10.9. The smallest absolute Gasteiger partial charge is 0.300 e. The van der Waals surface area contributed by atoms with Crippen LogP contribution in [0.5, 0.6) is 5.75 Å². The van der Waals surface area contributed by atoms with Crippen molar-refractivity contribution in [3.05, 3.63) is 94.5 Å². The number of hydrogen-bond acceptors (Lipinski definition) is 5. The Balaban J connectivity index is 1.69. The van der Waals surface area contributed by atoms with Crippen LogP contribution in [0.15, 0.2) is 78.4 Å². The number of likely N-dealkylation sites (N-methyl/N-ethyl adjacent to an activating group) is 1. The Bertz CT molecular complexity index is 1270. The van der Waals surface area contributed by atoms with E-state index in [-0.39, 0.29) is 11.3 Å². The molecule has 1 unspecified atom stereocenters. The third-order valence-corrected chi connectivity index (χ3v) is 6.24. The number of nitrogens with zero attached hydrogens (tertiary/aromatic N) is 2. The van der Waals surface area contributed by atoms with Crippen LogP contribution in [0, 0.1) is 0 Å². The number of carbonyl (C=O) groups is 2. The molecule has 166 valence electrons. The van der Waals surface area contributed by atoms with E-state index in [1.807, 2.05) is 42.3 Å². The Morgan fingerprint density at radius 2 is 1.76 bits per heavy atom. The van der Waals surface area contributed by atoms with Gasteiger partial charge in [0.05, 0.1) is 23.8 Å². The summed E-state index contributed by atoms with van der Waals surface area (Å²) in [4.78, 5) is 29.8. The van der Waals surface area contributed by atoms with E-state index in [0.717, 1.165) is 5.69 Å². The number of rotatable bonds is 3. The van der Waals surface area contributed by atoms with Crippen molar-refractivity contribution in [2.24, 2.45) is 0 Å². The Kier molecular flexibility index (Phi) is 5.30. The largest absolute Gasteiger partial charge is 0.507 e. The second-order valence-electron chi connectivity index (χ2n) is 8.01. The first-order chi connectivity index (χ1) is 16.0. The minimum atomic E-state index is -0.780. The average Bonchev–Trinajstić information content (AvgIpc) is 3.10. The fraction of sp³-hybridized carbons (Fsp3) is 0.154. The van der Waals surface area contributed by atoms with Crippen molar-refractivity contribution in [3.63, 3.8) is 0 Å². The Morgan fingerprint density at radius 3 is 2.48 bits per heavy atom. The van der Waals surface area contributed by atoms with Crippen molar-refractivity contribution in [1.29, 1.82) is 0 Å². The minimum Gasteiger partial charge on any atom is -0.507 e. The fourth-order valence-corrected chi connectivity index (χ4v) is 4.43. The third kappa shape index (κ3) is 3.62. The van der Waals surface area contributed by atoms with Crippen LogP contribution < -0.4 is 14.5 Å². The Labute approximate surface area is 196 Å². The highest BCUT2D eigenvalue weighted by atomic mass is 35.5. The lowest BCUT2D eigenvalue weighted by atomic mass is 9.95. The lowest BCUT2D eigenvalue weighted by molar-refractivity contribution is -0.132. The van der Waals surface area contributed by atoms with Gasteiger partial charge in [-0.2, -0.15) is 0 Å². The van der Waals surface area contributed by atoms with Gasteiger partial charge in [-0.1, -0.05) is 41.9 Å². The van der Waals surface area contributed by atoms with Crippen LogP contribution in [0.2, 0.25) is 5.02 Å². The van der Waals surface area contributed by atoms with Gasteiger partial charge in [-0.3, -0.25) is 14.5 Å². The molecule has 2 aliphatic rings. The van der Waals surface area contributed by atoms with Gasteiger partial charge in [0.25, 0.3) is 11.7 Å². The molecule has 0 saturated carbocycles. The summed E-state index contributed by atoms with van der Waals surface area (Å²) in [5.41, 5.74) is 2.54. The lowest BCUT2D eigenvalue weighted by Gasteiger charge is -2.28. The van der Waals surface area contributed by atoms with Gasteiger partial charge in [-0.15, -0.1) is 0 Å². The molecule has 0 radical (unpaired) electrons. The first-order valence-electron chi connectivity index (χ1n) is 10.6. The molecule has 6 nitrogen and oxygen atoms in total. The predicted octanol–water partition coefficient (Wildman–Crippen LogP) is 4.79. The highest BCUT2D eigenvalue weighted by Gasteiger charge is 2.47. The molecule has 0 aromatic heterocycles. The monoisotopic (exact) mass is 460 g/mol. The van der Waals surface area contributed by atoms with Crippen LogP contribution in [0.4, 0.5) is 11.4 Å². The maximum absolute atomic E-state index is 13.2. The Hall–Kier alpha value is -3.77. The van der Waals surface area contributed by atoms with E-state index in [1.165, 1.54) is 4.90 Å². The van der Waals surface area contributed by atoms with E-state index in [4.69, 9.17) is 16.3 Å². The standard InChI is InChI=1S/C26H21ClN2O4/c1-28-13-14-33-21-12-7-17(15-20(21)28)24(30)22-23(16-5-3-2-4-6-16)29(26(32)25(22)31)19-10-8-18(27)9-11-19/h2-12,15,23,30H,13-14H2,1H3/b24-22-. The van der Waals surface area contributed by atoms with Crippen molar-refractivity contribution in [2.45, 2.75) is 6.04 Å². The van der Waals surface area contributed by atoms with Gasteiger partial charge < -0.3 is 14.7 Å². The van der Waals surface area contributed by atoms with Crippen LogP contribution in [-0.2, 0) is 9.59 Å². The molecule has 7 heteroatoms.